The van der Waals surface area contributed by atoms with Crippen molar-refractivity contribution in [1.29, 1.82) is 0 Å². The molecular formula is C58H59N5O9. The minimum absolute atomic E-state index is 0.0704. The summed E-state index contributed by atoms with van der Waals surface area (Å²) in [6.07, 6.45) is 2.11. The fourth-order valence-corrected chi connectivity index (χ4v) is 9.44. The number of H-pyrrole nitrogens is 1. The van der Waals surface area contributed by atoms with Crippen LogP contribution in [0, 0.1) is 5.92 Å². The maximum absolute atomic E-state index is 13.9. The summed E-state index contributed by atoms with van der Waals surface area (Å²) in [6.45, 7) is 3.78. The van der Waals surface area contributed by atoms with Crippen LogP contribution >= 0.6 is 0 Å². The number of benzene rings is 6. The summed E-state index contributed by atoms with van der Waals surface area (Å²) in [7, 11) is 0. The monoisotopic (exact) mass is 969 g/mol. The third-order valence-corrected chi connectivity index (χ3v) is 13.7. The Morgan fingerprint density at radius 2 is 1.33 bits per heavy atom. The Labute approximate surface area is 417 Å². The zero-order chi connectivity index (χ0) is 50.0. The number of carbonyl (C=O) groups is 3. The van der Waals surface area contributed by atoms with Gasteiger partial charge in [0.1, 0.15) is 18.1 Å². The molecule has 370 valence electrons. The third-order valence-electron chi connectivity index (χ3n) is 13.7. The predicted octanol–water partition coefficient (Wildman–Crippen LogP) is 7.02. The minimum atomic E-state index is -2.06. The number of esters is 1. The van der Waals surface area contributed by atoms with Crippen molar-refractivity contribution in [3.8, 4) is 11.5 Å². The third kappa shape index (κ3) is 11.9. The van der Waals surface area contributed by atoms with E-state index in [2.05, 4.69) is 50.1 Å². The number of aromatic hydroxyl groups is 1. The van der Waals surface area contributed by atoms with E-state index in [9.17, 15) is 34.5 Å². The first-order valence-corrected chi connectivity index (χ1v) is 24.5. The summed E-state index contributed by atoms with van der Waals surface area (Å²) in [6, 6.07) is 46.2. The predicted molar refractivity (Wildman–Crippen MR) is 273 cm³/mol. The Balaban J connectivity index is 0.704. The number of nitrogens with zero attached hydrogens (tertiary/aromatic N) is 1. The first kappa shape index (κ1) is 49.4. The number of rotatable bonds is 19. The van der Waals surface area contributed by atoms with Gasteiger partial charge in [0.2, 0.25) is 11.2 Å². The average molecular weight is 970 g/mol. The Kier molecular flexibility index (Phi) is 15.5. The van der Waals surface area contributed by atoms with Gasteiger partial charge in [-0.15, -0.1) is 0 Å². The molecule has 14 nitrogen and oxygen atoms in total. The van der Waals surface area contributed by atoms with Gasteiger partial charge in [-0.2, -0.15) is 0 Å². The number of phenolic OH excluding ortho intramolecular Hbond substituents is 1. The maximum Gasteiger partial charge on any atom is 0.347 e. The molecule has 2 fully saturated rings. The largest absolute Gasteiger partial charge is 0.506 e. The molecule has 1 saturated heterocycles. The Morgan fingerprint density at radius 1 is 0.708 bits per heavy atom. The van der Waals surface area contributed by atoms with Crippen molar-refractivity contribution in [2.24, 2.45) is 5.92 Å². The lowest BCUT2D eigenvalue weighted by Gasteiger charge is -2.36. The van der Waals surface area contributed by atoms with Gasteiger partial charge in [0, 0.05) is 59.9 Å². The zero-order valence-corrected chi connectivity index (χ0v) is 39.8. The molecule has 0 spiro atoms. The fraction of sp³-hybridized carbons (Fsp3) is 0.276. The topological polar surface area (TPSA) is 203 Å². The zero-order valence-electron chi connectivity index (χ0n) is 39.8. The van der Waals surface area contributed by atoms with E-state index in [1.165, 1.54) is 17.7 Å². The number of ether oxygens (including phenoxy) is 2. The van der Waals surface area contributed by atoms with Gasteiger partial charge in [-0.05, 0) is 121 Å². The summed E-state index contributed by atoms with van der Waals surface area (Å²) in [4.78, 5) is 56.9. The van der Waals surface area contributed by atoms with Crippen molar-refractivity contribution in [2.45, 2.75) is 69.2 Å². The summed E-state index contributed by atoms with van der Waals surface area (Å²) in [5, 5.41) is 43.1. The van der Waals surface area contributed by atoms with Crippen molar-refractivity contribution >= 4 is 28.7 Å². The highest BCUT2D eigenvalue weighted by Crippen LogP contribution is 2.34. The number of aliphatic hydroxyl groups excluding tert-OH is 1. The molecule has 1 aliphatic carbocycles. The molecule has 1 aliphatic heterocycles. The number of piperidine rings is 1. The molecule has 72 heavy (non-hydrogen) atoms. The molecule has 1 aromatic heterocycles. The molecule has 7 N–H and O–H groups in total. The van der Waals surface area contributed by atoms with Crippen LogP contribution in [0.3, 0.4) is 0 Å². The highest BCUT2D eigenvalue weighted by atomic mass is 16.5. The van der Waals surface area contributed by atoms with Crippen LogP contribution in [0.4, 0.5) is 0 Å². The van der Waals surface area contributed by atoms with Gasteiger partial charge in [0.25, 0.3) is 11.8 Å². The minimum Gasteiger partial charge on any atom is -0.506 e. The number of hydrogen-bond donors (Lipinski definition) is 7. The number of aromatic amines is 1. The van der Waals surface area contributed by atoms with E-state index in [1.54, 1.807) is 84.9 Å². The van der Waals surface area contributed by atoms with Crippen molar-refractivity contribution < 1.29 is 39.2 Å². The van der Waals surface area contributed by atoms with Crippen LogP contribution < -0.4 is 26.2 Å². The van der Waals surface area contributed by atoms with Gasteiger partial charge in [-0.25, -0.2) is 4.79 Å². The smallest absolute Gasteiger partial charge is 0.347 e. The van der Waals surface area contributed by atoms with E-state index < -0.39 is 17.7 Å². The van der Waals surface area contributed by atoms with Crippen molar-refractivity contribution in [1.82, 2.24) is 25.8 Å². The van der Waals surface area contributed by atoms with Crippen LogP contribution in [0.5, 0.6) is 11.5 Å². The van der Waals surface area contributed by atoms with Crippen LogP contribution in [0.15, 0.2) is 163 Å². The molecule has 0 bridgehead atoms. The van der Waals surface area contributed by atoms with Crippen LogP contribution in [0.25, 0.3) is 10.9 Å². The quantitative estimate of drug-likeness (QED) is 0.0411. The van der Waals surface area contributed by atoms with Crippen LogP contribution in [-0.2, 0) is 34.8 Å². The van der Waals surface area contributed by atoms with Crippen LogP contribution in [-0.4, -0.2) is 81.3 Å². The molecular weight excluding hydrogens is 911 g/mol. The number of phenols is 1. The van der Waals surface area contributed by atoms with E-state index in [0.29, 0.717) is 58.3 Å². The maximum atomic E-state index is 13.9. The number of likely N-dealkylation sites (tertiary alicyclic amines) is 1. The van der Waals surface area contributed by atoms with E-state index in [1.807, 2.05) is 36.4 Å². The van der Waals surface area contributed by atoms with Gasteiger partial charge < -0.3 is 45.7 Å². The standard InChI is InChI=1S/C58H59N5O9/c64-51-24-22-49(50-23-25-53(66)62-54(50)51)52(65)34-59-33-38-14-18-42(19-15-38)55(67)60-46-31-47(32-46)61-56(68)43-20-16-40(17-21-43)36-71-48-13-7-12-45(30-48)58(70,44-10-5-2-6-11-44)57(69)72-37-41-26-28-63(29-27-41)35-39-8-3-1-4-9-39/h1-25,30,41,46-47,52,59,64-65,70H,26-29,31-37H2,(H,60,67)(H,61,68)(H,62,66)/t46?,47?,52-,58?/m0/s1. The molecule has 1 unspecified atom stereocenters. The molecule has 14 heteroatoms. The van der Waals surface area contributed by atoms with Crippen LogP contribution in [0.1, 0.15) is 85.9 Å². The van der Waals surface area contributed by atoms with Crippen molar-refractivity contribution in [3.05, 3.63) is 213 Å². The van der Waals surface area contributed by atoms with E-state index in [-0.39, 0.29) is 66.4 Å². The fourth-order valence-electron chi connectivity index (χ4n) is 9.44. The van der Waals surface area contributed by atoms with Gasteiger partial charge in [0.15, 0.2) is 0 Å². The highest BCUT2D eigenvalue weighted by Gasteiger charge is 2.42. The Bertz CT molecular complexity index is 3030. The molecule has 6 aromatic carbocycles. The van der Waals surface area contributed by atoms with E-state index in [0.717, 1.165) is 43.6 Å². The number of pyridine rings is 1. The van der Waals surface area contributed by atoms with Crippen molar-refractivity contribution in [3.63, 3.8) is 0 Å². The summed E-state index contributed by atoms with van der Waals surface area (Å²) in [5.41, 5.74) is 3.19. The summed E-state index contributed by atoms with van der Waals surface area (Å²) in [5.74, 6) is -0.570. The molecule has 9 rings (SSSR count). The second-order valence-corrected chi connectivity index (χ2v) is 18.8. The van der Waals surface area contributed by atoms with Gasteiger partial charge >= 0.3 is 5.97 Å². The molecule has 2 atom stereocenters. The molecule has 2 aliphatic rings. The normalized spacial score (nSPS) is 17.2. The molecule has 2 amide bonds. The lowest BCUT2D eigenvalue weighted by Crippen LogP contribution is -2.53. The van der Waals surface area contributed by atoms with E-state index in [4.69, 9.17) is 9.47 Å². The average Bonchev–Trinajstić information content (AvgIpc) is 3.40. The number of aromatic nitrogens is 1. The Morgan fingerprint density at radius 3 is 2.00 bits per heavy atom. The van der Waals surface area contributed by atoms with Crippen LogP contribution in [0.2, 0.25) is 0 Å². The summed E-state index contributed by atoms with van der Waals surface area (Å²) < 4.78 is 12.1. The Hall–Kier alpha value is -7.62. The second kappa shape index (κ2) is 22.6. The SMILES string of the molecule is O=C(NC1CC(NC(=O)c2ccc(COc3cccc(C(O)(C(=O)OCC4CCN(Cc5ccccc5)CC4)c4ccccc4)c3)cc2)C1)c1ccc(CNC[C@H](O)c2ccc(O)c3[nH]c(=O)ccc23)cc1. The first-order valence-electron chi connectivity index (χ1n) is 24.5. The van der Waals surface area contributed by atoms with Crippen molar-refractivity contribution in [2.75, 3.05) is 26.2 Å². The van der Waals surface area contributed by atoms with E-state index >= 15 is 0 Å². The highest BCUT2D eigenvalue weighted by molar-refractivity contribution is 5.95. The number of amides is 2. The second-order valence-electron chi connectivity index (χ2n) is 18.8. The summed E-state index contributed by atoms with van der Waals surface area (Å²) >= 11 is 0. The number of aliphatic hydroxyl groups is 2. The molecule has 7 aromatic rings. The molecule has 2 heterocycles. The lowest BCUT2D eigenvalue weighted by molar-refractivity contribution is -0.164. The molecule has 1 saturated carbocycles. The number of fused-ring (bicyclic) bond motifs is 1. The van der Waals surface area contributed by atoms with Gasteiger partial charge in [-0.1, -0.05) is 103 Å². The molecule has 0 radical (unpaired) electrons. The number of nitrogens with one attached hydrogen (secondary N) is 4. The first-order chi connectivity index (χ1) is 35.0. The number of carbonyl (C=O) groups excluding carboxylic acids is 3. The van der Waals surface area contributed by atoms with Gasteiger partial charge in [0.05, 0.1) is 18.2 Å². The lowest BCUT2D eigenvalue weighted by atomic mass is 9.86. The number of hydrogen-bond acceptors (Lipinski definition) is 11. The van der Waals surface area contributed by atoms with Gasteiger partial charge in [-0.3, -0.25) is 19.3 Å².